The molecule has 1 atom stereocenters. The van der Waals surface area contributed by atoms with Crippen LogP contribution in [0.2, 0.25) is 0 Å². The number of aliphatic imine (C=N–C) groups is 1. The number of amides is 1. The Bertz CT molecular complexity index is 557. The first kappa shape index (κ1) is 30.9. The molecule has 0 spiro atoms. The standard InChI is InChI=1S/C30H57N3O/c1-4-6-7-8-9-10-11-12-13-14-15-16-17-18-19-20-21-22-23-24-30-32-26-28-33(30,5-2)27-25-31-29(3)34/h13-14H,4-12,15-28H2,1-3H3/p+1/b14-13+. The SMILES string of the molecule is CCCCCCCCC/C=C/CCCCCCCCCCC1=NCC[N+]1(CC)CCNC(C)=O. The summed E-state index contributed by atoms with van der Waals surface area (Å²) in [6.07, 6.45) is 29.3. The van der Waals surface area contributed by atoms with Crippen molar-refractivity contribution in [2.45, 2.75) is 136 Å². The maximum absolute atomic E-state index is 11.2. The Morgan fingerprint density at radius 3 is 1.88 bits per heavy atom. The van der Waals surface area contributed by atoms with Crippen LogP contribution in [0.3, 0.4) is 0 Å². The molecule has 0 aromatic carbocycles. The number of allylic oxidation sites excluding steroid dienone is 2. The van der Waals surface area contributed by atoms with Crippen molar-refractivity contribution in [3.63, 3.8) is 0 Å². The molecular weight excluding hydrogens is 418 g/mol. The number of carbonyl (C=O) groups is 1. The zero-order valence-corrected chi connectivity index (χ0v) is 23.2. The van der Waals surface area contributed by atoms with Crippen molar-refractivity contribution in [1.29, 1.82) is 0 Å². The quantitative estimate of drug-likeness (QED) is 0.0906. The highest BCUT2D eigenvalue weighted by Gasteiger charge is 2.35. The molecule has 0 bridgehead atoms. The van der Waals surface area contributed by atoms with E-state index in [1.165, 1.54) is 115 Å². The van der Waals surface area contributed by atoms with Crippen LogP contribution >= 0.6 is 0 Å². The van der Waals surface area contributed by atoms with Crippen LogP contribution in [0.1, 0.15) is 136 Å². The monoisotopic (exact) mass is 476 g/mol. The average Bonchev–Trinajstić information content (AvgIpc) is 3.23. The minimum Gasteiger partial charge on any atom is -0.351 e. The number of unbranched alkanes of at least 4 members (excludes halogenated alkanes) is 15. The number of carbonyl (C=O) groups excluding carboxylic acids is 1. The first-order valence-electron chi connectivity index (χ1n) is 14.9. The molecule has 1 N–H and O–H groups in total. The summed E-state index contributed by atoms with van der Waals surface area (Å²) in [5, 5.41) is 2.97. The maximum atomic E-state index is 11.2. The first-order chi connectivity index (χ1) is 16.6. The van der Waals surface area contributed by atoms with Crippen LogP contribution in [0.25, 0.3) is 0 Å². The summed E-state index contributed by atoms with van der Waals surface area (Å²) in [6, 6.07) is 0. The summed E-state index contributed by atoms with van der Waals surface area (Å²) in [6.45, 7) is 11.1. The van der Waals surface area contributed by atoms with Gasteiger partial charge >= 0.3 is 0 Å². The lowest BCUT2D eigenvalue weighted by molar-refractivity contribution is -0.833. The molecule has 1 unspecified atom stereocenters. The molecule has 1 aliphatic rings. The predicted octanol–water partition coefficient (Wildman–Crippen LogP) is 7.97. The van der Waals surface area contributed by atoms with Crippen molar-refractivity contribution >= 4 is 11.7 Å². The molecule has 4 heteroatoms. The van der Waals surface area contributed by atoms with Gasteiger partial charge in [0.1, 0.15) is 13.1 Å². The fraction of sp³-hybridized carbons (Fsp3) is 0.867. The highest BCUT2D eigenvalue weighted by atomic mass is 16.1. The van der Waals surface area contributed by atoms with E-state index in [0.29, 0.717) is 0 Å². The zero-order chi connectivity index (χ0) is 24.7. The molecule has 1 rings (SSSR count). The highest BCUT2D eigenvalue weighted by molar-refractivity contribution is 5.77. The number of hydrogen-bond acceptors (Lipinski definition) is 2. The van der Waals surface area contributed by atoms with Gasteiger partial charge in [0, 0.05) is 13.3 Å². The predicted molar refractivity (Wildman–Crippen MR) is 149 cm³/mol. The van der Waals surface area contributed by atoms with Crippen LogP contribution in [0, 0.1) is 0 Å². The molecule has 0 fully saturated rings. The second kappa shape index (κ2) is 21.1. The lowest BCUT2D eigenvalue weighted by Gasteiger charge is -2.33. The number of nitrogens with one attached hydrogen (secondary N) is 1. The number of hydrogen-bond donors (Lipinski definition) is 1. The van der Waals surface area contributed by atoms with Crippen molar-refractivity contribution in [2.24, 2.45) is 4.99 Å². The van der Waals surface area contributed by atoms with E-state index < -0.39 is 0 Å². The Kier molecular flexibility index (Phi) is 19.2. The van der Waals surface area contributed by atoms with E-state index in [0.717, 1.165) is 43.6 Å². The van der Waals surface area contributed by atoms with Crippen LogP contribution in [0.15, 0.2) is 17.1 Å². The molecule has 1 heterocycles. The Hall–Kier alpha value is -1.16. The van der Waals surface area contributed by atoms with E-state index in [2.05, 4.69) is 31.3 Å². The molecule has 198 valence electrons. The van der Waals surface area contributed by atoms with Crippen LogP contribution in [-0.4, -0.2) is 48.9 Å². The number of rotatable bonds is 23. The van der Waals surface area contributed by atoms with Gasteiger partial charge in [-0.05, 0) is 39.0 Å². The Labute approximate surface area is 212 Å². The molecule has 0 aromatic heterocycles. The third-order valence-corrected chi connectivity index (χ3v) is 7.55. The molecule has 1 amide bonds. The summed E-state index contributed by atoms with van der Waals surface area (Å²) in [5.74, 6) is 1.45. The highest BCUT2D eigenvalue weighted by Crippen LogP contribution is 2.20. The van der Waals surface area contributed by atoms with E-state index in [1.54, 1.807) is 6.92 Å². The molecule has 34 heavy (non-hydrogen) atoms. The average molecular weight is 477 g/mol. The van der Waals surface area contributed by atoms with Crippen molar-refractivity contribution in [2.75, 3.05) is 32.7 Å². The number of amidine groups is 1. The maximum Gasteiger partial charge on any atom is 0.217 e. The number of nitrogens with zero attached hydrogens (tertiary/aromatic N) is 2. The molecule has 0 aliphatic carbocycles. The van der Waals surface area contributed by atoms with Gasteiger partial charge in [-0.1, -0.05) is 96.1 Å². The molecular formula is C30H58N3O+. The number of quaternary nitrogens is 1. The lowest BCUT2D eigenvalue weighted by atomic mass is 10.1. The normalized spacial score (nSPS) is 18.0. The van der Waals surface area contributed by atoms with E-state index in [9.17, 15) is 4.79 Å². The second-order valence-electron chi connectivity index (χ2n) is 10.4. The van der Waals surface area contributed by atoms with Gasteiger partial charge in [-0.25, -0.2) is 4.99 Å². The van der Waals surface area contributed by atoms with Gasteiger partial charge in [-0.2, -0.15) is 0 Å². The molecule has 0 saturated carbocycles. The van der Waals surface area contributed by atoms with Gasteiger partial charge in [0.05, 0.1) is 19.6 Å². The van der Waals surface area contributed by atoms with E-state index in [1.807, 2.05) is 0 Å². The summed E-state index contributed by atoms with van der Waals surface area (Å²) in [7, 11) is 0. The van der Waals surface area contributed by atoms with Gasteiger partial charge in [0.2, 0.25) is 5.91 Å². The summed E-state index contributed by atoms with van der Waals surface area (Å²) < 4.78 is 0.994. The van der Waals surface area contributed by atoms with Gasteiger partial charge in [-0.3, -0.25) is 9.28 Å². The topological polar surface area (TPSA) is 41.5 Å². The van der Waals surface area contributed by atoms with E-state index in [-0.39, 0.29) is 5.91 Å². The third kappa shape index (κ3) is 15.0. The minimum atomic E-state index is 0.0715. The molecule has 4 nitrogen and oxygen atoms in total. The van der Waals surface area contributed by atoms with Crippen molar-refractivity contribution in [3.05, 3.63) is 12.2 Å². The zero-order valence-electron chi connectivity index (χ0n) is 23.2. The van der Waals surface area contributed by atoms with Crippen molar-refractivity contribution in [3.8, 4) is 0 Å². The Morgan fingerprint density at radius 2 is 1.35 bits per heavy atom. The lowest BCUT2D eigenvalue weighted by Crippen LogP contribution is -2.54. The fourth-order valence-electron chi connectivity index (χ4n) is 5.21. The van der Waals surface area contributed by atoms with Crippen LogP contribution in [-0.2, 0) is 4.79 Å². The minimum absolute atomic E-state index is 0.0715. The number of likely N-dealkylation sites (N-methyl/N-ethyl adjacent to an activating group) is 1. The van der Waals surface area contributed by atoms with Gasteiger partial charge in [-0.15, -0.1) is 0 Å². The first-order valence-corrected chi connectivity index (χ1v) is 14.9. The Morgan fingerprint density at radius 1 is 0.824 bits per heavy atom. The molecule has 1 aliphatic heterocycles. The summed E-state index contributed by atoms with van der Waals surface area (Å²) in [4.78, 5) is 16.0. The van der Waals surface area contributed by atoms with Gasteiger partial charge < -0.3 is 5.32 Å². The van der Waals surface area contributed by atoms with Crippen LogP contribution < -0.4 is 5.32 Å². The van der Waals surface area contributed by atoms with E-state index in [4.69, 9.17) is 4.99 Å². The van der Waals surface area contributed by atoms with E-state index >= 15 is 0 Å². The smallest absolute Gasteiger partial charge is 0.217 e. The fourth-order valence-corrected chi connectivity index (χ4v) is 5.21. The van der Waals surface area contributed by atoms with Gasteiger partial charge in [0.15, 0.2) is 5.84 Å². The van der Waals surface area contributed by atoms with Crippen molar-refractivity contribution < 1.29 is 9.28 Å². The summed E-state index contributed by atoms with van der Waals surface area (Å²) >= 11 is 0. The Balaban J connectivity index is 1.92. The molecule has 0 aromatic rings. The van der Waals surface area contributed by atoms with Crippen molar-refractivity contribution in [1.82, 2.24) is 5.32 Å². The van der Waals surface area contributed by atoms with Crippen LogP contribution in [0.4, 0.5) is 0 Å². The molecule has 0 radical (unpaired) electrons. The second-order valence-corrected chi connectivity index (χ2v) is 10.4. The van der Waals surface area contributed by atoms with Gasteiger partial charge in [0.25, 0.3) is 0 Å². The third-order valence-electron chi connectivity index (χ3n) is 7.55. The van der Waals surface area contributed by atoms with Crippen LogP contribution in [0.5, 0.6) is 0 Å². The molecule has 0 saturated heterocycles. The largest absolute Gasteiger partial charge is 0.351 e. The summed E-state index contributed by atoms with van der Waals surface area (Å²) in [5.41, 5.74) is 0.